The molecule has 0 fully saturated rings. The van der Waals surface area contributed by atoms with E-state index >= 15 is 0 Å². The minimum Gasteiger partial charge on any atom is -0.384 e. The van der Waals surface area contributed by atoms with Crippen LogP contribution in [0.3, 0.4) is 0 Å². The molecule has 0 saturated carbocycles. The molecule has 0 amide bonds. The molecule has 0 radical (unpaired) electrons. The zero-order valence-electron chi connectivity index (χ0n) is 10.5. The topological polar surface area (TPSA) is 24.9 Å². The monoisotopic (exact) mass is 248 g/mol. The first kappa shape index (κ1) is 12.2. The van der Waals surface area contributed by atoms with Gasteiger partial charge in [-0.25, -0.2) is 0 Å². The predicted molar refractivity (Wildman–Crippen MR) is 75.0 cm³/mol. The van der Waals surface area contributed by atoms with Crippen molar-refractivity contribution in [3.8, 4) is 0 Å². The molecule has 1 aromatic heterocycles. The molecule has 2 nitrogen and oxygen atoms in total. The van der Waals surface area contributed by atoms with Crippen LogP contribution in [0.15, 0.2) is 18.2 Å². The number of hydrogen-bond acceptors (Lipinski definition) is 2. The lowest BCUT2D eigenvalue weighted by Crippen LogP contribution is -2.04. The maximum absolute atomic E-state index is 6.07. The molecule has 2 rings (SSSR count). The summed E-state index contributed by atoms with van der Waals surface area (Å²) in [4.78, 5) is 4.63. The summed E-state index contributed by atoms with van der Waals surface area (Å²) in [5, 5.41) is 5.31. The fraction of sp³-hybridized carbons (Fsp3) is 0.357. The van der Waals surface area contributed by atoms with E-state index in [0.717, 1.165) is 34.6 Å². The van der Waals surface area contributed by atoms with Crippen LogP contribution >= 0.6 is 11.6 Å². The van der Waals surface area contributed by atoms with E-state index in [1.54, 1.807) is 0 Å². The molecule has 17 heavy (non-hydrogen) atoms. The van der Waals surface area contributed by atoms with Crippen LogP contribution in [0.1, 0.15) is 25.1 Å². The Balaban J connectivity index is 2.79. The van der Waals surface area contributed by atoms with E-state index in [1.807, 2.05) is 18.2 Å². The van der Waals surface area contributed by atoms with Gasteiger partial charge in [0, 0.05) is 28.3 Å². The van der Waals surface area contributed by atoms with Crippen LogP contribution in [0, 0.1) is 6.92 Å². The average Bonchev–Trinajstić information content (AvgIpc) is 2.30. The van der Waals surface area contributed by atoms with Crippen molar-refractivity contribution in [2.75, 3.05) is 11.9 Å². The normalized spacial score (nSPS) is 10.8. The van der Waals surface area contributed by atoms with Gasteiger partial charge in [0.2, 0.25) is 0 Å². The zero-order chi connectivity index (χ0) is 12.4. The molecule has 0 unspecified atom stereocenters. The fourth-order valence-electron chi connectivity index (χ4n) is 2.21. The van der Waals surface area contributed by atoms with Crippen molar-refractivity contribution < 1.29 is 0 Å². The Labute approximate surface area is 107 Å². The number of halogens is 1. The highest BCUT2D eigenvalue weighted by molar-refractivity contribution is 6.31. The highest BCUT2D eigenvalue weighted by Gasteiger charge is 2.10. The Kier molecular flexibility index (Phi) is 3.53. The fourth-order valence-corrected chi connectivity index (χ4v) is 2.38. The Hall–Kier alpha value is -1.28. The number of hydrogen-bond donors (Lipinski definition) is 1. The quantitative estimate of drug-likeness (QED) is 0.881. The van der Waals surface area contributed by atoms with Gasteiger partial charge in [-0.1, -0.05) is 18.5 Å². The first-order valence-corrected chi connectivity index (χ1v) is 6.37. The molecule has 0 aliphatic carbocycles. The number of benzene rings is 1. The van der Waals surface area contributed by atoms with Crippen LogP contribution in [-0.4, -0.2) is 11.5 Å². The number of fused-ring (bicyclic) bond motifs is 1. The molecule has 90 valence electrons. The van der Waals surface area contributed by atoms with E-state index in [-0.39, 0.29) is 0 Å². The Bertz CT molecular complexity index is 549. The predicted octanol–water partition coefficient (Wildman–Crippen LogP) is 4.19. The first-order valence-electron chi connectivity index (χ1n) is 6.00. The van der Waals surface area contributed by atoms with Crippen molar-refractivity contribution in [1.29, 1.82) is 0 Å². The third kappa shape index (κ3) is 2.22. The number of aryl methyl sites for hydroxylation is 1. The second kappa shape index (κ2) is 4.92. The highest BCUT2D eigenvalue weighted by Crippen LogP contribution is 2.30. The first-order chi connectivity index (χ1) is 8.17. The zero-order valence-corrected chi connectivity index (χ0v) is 11.2. The highest BCUT2D eigenvalue weighted by atomic mass is 35.5. The maximum Gasteiger partial charge on any atom is 0.0727 e. The van der Waals surface area contributed by atoms with Crippen molar-refractivity contribution >= 4 is 28.2 Å². The lowest BCUT2D eigenvalue weighted by atomic mass is 10.0. The van der Waals surface area contributed by atoms with Gasteiger partial charge in [-0.3, -0.25) is 4.98 Å². The van der Waals surface area contributed by atoms with Gasteiger partial charge in [0.15, 0.2) is 0 Å². The van der Waals surface area contributed by atoms with E-state index in [1.165, 1.54) is 11.3 Å². The molecule has 1 aromatic carbocycles. The number of rotatable bonds is 3. The Morgan fingerprint density at radius 1 is 1.29 bits per heavy atom. The molecule has 0 bridgehead atoms. The van der Waals surface area contributed by atoms with Crippen molar-refractivity contribution in [1.82, 2.24) is 4.98 Å². The van der Waals surface area contributed by atoms with E-state index in [2.05, 4.69) is 31.1 Å². The molecule has 0 spiro atoms. The molecule has 0 atom stereocenters. The van der Waals surface area contributed by atoms with Gasteiger partial charge in [0.05, 0.1) is 5.52 Å². The lowest BCUT2D eigenvalue weighted by Gasteiger charge is -2.15. The summed E-state index contributed by atoms with van der Waals surface area (Å²) in [6.07, 6.45) is 0.976. The van der Waals surface area contributed by atoms with E-state index in [0.29, 0.717) is 0 Å². The Morgan fingerprint density at radius 3 is 2.71 bits per heavy atom. The second-order valence-electron chi connectivity index (χ2n) is 4.10. The van der Waals surface area contributed by atoms with Crippen LogP contribution in [0.5, 0.6) is 0 Å². The summed E-state index contributed by atoms with van der Waals surface area (Å²) in [5.74, 6) is 0. The maximum atomic E-state index is 6.07. The molecule has 1 N–H and O–H groups in total. The van der Waals surface area contributed by atoms with Gasteiger partial charge in [-0.2, -0.15) is 0 Å². The minimum absolute atomic E-state index is 0.754. The molecular formula is C14H17ClN2. The lowest BCUT2D eigenvalue weighted by molar-refractivity contribution is 1.06. The van der Waals surface area contributed by atoms with Gasteiger partial charge in [0.25, 0.3) is 0 Å². The van der Waals surface area contributed by atoms with Crippen LogP contribution < -0.4 is 5.32 Å². The molecule has 0 aliphatic heterocycles. The number of nitrogens with one attached hydrogen (secondary N) is 1. The SMILES string of the molecule is CCNc1c(CC)c(C)nc2ccc(Cl)cc12. The smallest absolute Gasteiger partial charge is 0.0727 e. The van der Waals surface area contributed by atoms with Gasteiger partial charge in [0.1, 0.15) is 0 Å². The average molecular weight is 249 g/mol. The molecule has 0 saturated heterocycles. The third-order valence-electron chi connectivity index (χ3n) is 2.96. The molecule has 0 aliphatic rings. The van der Waals surface area contributed by atoms with Gasteiger partial charge in [-0.15, -0.1) is 0 Å². The van der Waals surface area contributed by atoms with Crippen molar-refractivity contribution in [2.45, 2.75) is 27.2 Å². The van der Waals surface area contributed by atoms with Gasteiger partial charge >= 0.3 is 0 Å². The van der Waals surface area contributed by atoms with E-state index in [9.17, 15) is 0 Å². The summed E-state index contributed by atoms with van der Waals surface area (Å²) in [5.41, 5.74) is 4.56. The van der Waals surface area contributed by atoms with Crippen LogP contribution in [-0.2, 0) is 6.42 Å². The standard InChI is InChI=1S/C14H17ClN2/c1-4-11-9(3)17-13-7-6-10(15)8-12(13)14(11)16-5-2/h6-8H,4-5H2,1-3H3,(H,16,17). The molecule has 1 heterocycles. The summed E-state index contributed by atoms with van der Waals surface area (Å²) < 4.78 is 0. The van der Waals surface area contributed by atoms with Crippen LogP contribution in [0.25, 0.3) is 10.9 Å². The molecular weight excluding hydrogens is 232 g/mol. The van der Waals surface area contributed by atoms with Gasteiger partial charge in [-0.05, 0) is 44.0 Å². The third-order valence-corrected chi connectivity index (χ3v) is 3.20. The summed E-state index contributed by atoms with van der Waals surface area (Å²) in [7, 11) is 0. The number of anilines is 1. The van der Waals surface area contributed by atoms with Crippen LogP contribution in [0.4, 0.5) is 5.69 Å². The van der Waals surface area contributed by atoms with Crippen molar-refractivity contribution in [2.24, 2.45) is 0 Å². The summed E-state index contributed by atoms with van der Waals surface area (Å²) in [6.45, 7) is 7.22. The molecule has 3 heteroatoms. The van der Waals surface area contributed by atoms with Crippen molar-refractivity contribution in [3.05, 3.63) is 34.5 Å². The van der Waals surface area contributed by atoms with E-state index in [4.69, 9.17) is 11.6 Å². The largest absolute Gasteiger partial charge is 0.384 e. The molecule has 2 aromatic rings. The van der Waals surface area contributed by atoms with Crippen molar-refractivity contribution in [3.63, 3.8) is 0 Å². The van der Waals surface area contributed by atoms with Gasteiger partial charge < -0.3 is 5.32 Å². The number of nitrogens with zero attached hydrogens (tertiary/aromatic N) is 1. The Morgan fingerprint density at radius 2 is 2.06 bits per heavy atom. The summed E-state index contributed by atoms with van der Waals surface area (Å²) in [6, 6.07) is 5.85. The summed E-state index contributed by atoms with van der Waals surface area (Å²) >= 11 is 6.07. The van der Waals surface area contributed by atoms with Crippen LogP contribution in [0.2, 0.25) is 5.02 Å². The second-order valence-corrected chi connectivity index (χ2v) is 4.53. The number of aromatic nitrogens is 1. The minimum atomic E-state index is 0.754. The number of pyridine rings is 1. The van der Waals surface area contributed by atoms with E-state index < -0.39 is 0 Å².